The van der Waals surface area contributed by atoms with E-state index < -0.39 is 0 Å². The summed E-state index contributed by atoms with van der Waals surface area (Å²) >= 11 is 0. The summed E-state index contributed by atoms with van der Waals surface area (Å²) in [6.07, 6.45) is 0. The van der Waals surface area contributed by atoms with E-state index in [1.807, 2.05) is 60.7 Å². The summed E-state index contributed by atoms with van der Waals surface area (Å²) in [4.78, 5) is 22.1. The molecule has 5 rings (SSSR count). The van der Waals surface area contributed by atoms with Crippen LogP contribution in [-0.2, 0) is 5.41 Å². The smallest absolute Gasteiger partial charge is 0.255 e. The number of anilines is 2. The van der Waals surface area contributed by atoms with Gasteiger partial charge in [0.25, 0.3) is 5.91 Å². The van der Waals surface area contributed by atoms with Crippen LogP contribution in [0.25, 0.3) is 27.9 Å². The molecule has 0 fully saturated rings. The Bertz CT molecular complexity index is 1620. The summed E-state index contributed by atoms with van der Waals surface area (Å²) < 4.78 is 1.71. The van der Waals surface area contributed by atoms with Gasteiger partial charge in [-0.1, -0.05) is 45.0 Å². The highest BCUT2D eigenvalue weighted by atomic mass is 16.1. The molecule has 0 aliphatic carbocycles. The van der Waals surface area contributed by atoms with Gasteiger partial charge in [0.15, 0.2) is 5.65 Å². The topological polar surface area (TPSA) is 110 Å². The number of carbonyl (C=O) groups is 1. The molecule has 0 spiro atoms. The lowest BCUT2D eigenvalue weighted by Gasteiger charge is -2.19. The van der Waals surface area contributed by atoms with E-state index in [1.54, 1.807) is 16.7 Å². The predicted octanol–water partition coefficient (Wildman–Crippen LogP) is 5.58. The lowest BCUT2D eigenvalue weighted by Crippen LogP contribution is -2.14. The number of nitrogens with one attached hydrogen (secondary N) is 1. The van der Waals surface area contributed by atoms with Crippen molar-refractivity contribution in [3.8, 4) is 11.8 Å². The van der Waals surface area contributed by atoms with Crippen LogP contribution >= 0.6 is 0 Å². The van der Waals surface area contributed by atoms with Crippen molar-refractivity contribution in [2.75, 3.05) is 11.1 Å². The summed E-state index contributed by atoms with van der Waals surface area (Å²) in [5.74, 6) is 0.0850. The number of carbonyl (C=O) groups excluding carboxylic acids is 1. The number of rotatable bonds is 3. The van der Waals surface area contributed by atoms with E-state index in [0.29, 0.717) is 39.1 Å². The predicted molar refractivity (Wildman–Crippen MR) is 139 cm³/mol. The van der Waals surface area contributed by atoms with Gasteiger partial charge in [0.1, 0.15) is 23.0 Å². The Balaban J connectivity index is 1.46. The third-order valence-corrected chi connectivity index (χ3v) is 6.01. The SMILES string of the molecule is CC(C)(C)c1ccc(C(=O)Nc2ccc(-n3c(N)c(C#N)c4nc5ccccc5nc43)cc2)cc1. The zero-order valence-electron chi connectivity index (χ0n) is 19.7. The molecule has 0 atom stereocenters. The average Bonchev–Trinajstić information content (AvgIpc) is 3.12. The van der Waals surface area contributed by atoms with E-state index in [1.165, 1.54) is 5.56 Å². The second-order valence-electron chi connectivity index (χ2n) is 9.42. The molecule has 3 N–H and O–H groups in total. The maximum Gasteiger partial charge on any atom is 0.255 e. The van der Waals surface area contributed by atoms with Crippen molar-refractivity contribution < 1.29 is 4.79 Å². The third-order valence-electron chi connectivity index (χ3n) is 6.01. The molecule has 0 saturated carbocycles. The second-order valence-corrected chi connectivity index (χ2v) is 9.42. The van der Waals surface area contributed by atoms with E-state index >= 15 is 0 Å². The van der Waals surface area contributed by atoms with Crippen molar-refractivity contribution in [3.05, 3.63) is 89.5 Å². The number of para-hydroxylation sites is 2. The molecule has 172 valence electrons. The van der Waals surface area contributed by atoms with Crippen LogP contribution in [0.5, 0.6) is 0 Å². The first-order chi connectivity index (χ1) is 16.8. The van der Waals surface area contributed by atoms with Gasteiger partial charge in [0.2, 0.25) is 0 Å². The van der Waals surface area contributed by atoms with E-state index in [4.69, 9.17) is 10.7 Å². The van der Waals surface area contributed by atoms with Gasteiger partial charge in [-0.3, -0.25) is 9.36 Å². The Kier molecular flexibility index (Phi) is 5.22. The van der Waals surface area contributed by atoms with Crippen molar-refractivity contribution in [2.45, 2.75) is 26.2 Å². The Morgan fingerprint density at radius 1 is 0.943 bits per heavy atom. The van der Waals surface area contributed by atoms with Crippen LogP contribution in [0.1, 0.15) is 42.3 Å². The molecular weight excluding hydrogens is 436 g/mol. The van der Waals surface area contributed by atoms with Gasteiger partial charge in [-0.05, 0) is 59.5 Å². The lowest BCUT2D eigenvalue weighted by atomic mass is 9.87. The van der Waals surface area contributed by atoms with Crippen LogP contribution in [0.2, 0.25) is 0 Å². The molecule has 2 aromatic heterocycles. The molecule has 7 nitrogen and oxygen atoms in total. The minimum atomic E-state index is -0.187. The Labute approximate surface area is 202 Å². The second kappa shape index (κ2) is 8.26. The van der Waals surface area contributed by atoms with Gasteiger partial charge in [0.05, 0.1) is 11.0 Å². The number of hydrogen-bond donors (Lipinski definition) is 2. The van der Waals surface area contributed by atoms with Gasteiger partial charge in [-0.15, -0.1) is 0 Å². The highest BCUT2D eigenvalue weighted by molar-refractivity contribution is 6.04. The summed E-state index contributed by atoms with van der Waals surface area (Å²) in [6, 6.07) is 24.5. The highest BCUT2D eigenvalue weighted by Crippen LogP contribution is 2.31. The van der Waals surface area contributed by atoms with E-state index in [0.717, 1.165) is 0 Å². The van der Waals surface area contributed by atoms with E-state index in [-0.39, 0.29) is 22.7 Å². The van der Waals surface area contributed by atoms with Crippen LogP contribution in [0.4, 0.5) is 11.5 Å². The number of aromatic nitrogens is 3. The fourth-order valence-corrected chi connectivity index (χ4v) is 4.05. The van der Waals surface area contributed by atoms with Crippen LogP contribution < -0.4 is 11.1 Å². The standard InChI is InChI=1S/C28H24N6O/c1-28(2,3)18-10-8-17(9-11-18)27(35)31-19-12-14-20(15-13-19)34-25(30)21(16-29)24-26(34)33-23-7-5-4-6-22(23)32-24/h4-15H,30H2,1-3H3,(H,31,35). The van der Waals surface area contributed by atoms with Crippen molar-refractivity contribution >= 4 is 39.6 Å². The number of fused-ring (bicyclic) bond motifs is 2. The van der Waals surface area contributed by atoms with Crippen LogP contribution in [-0.4, -0.2) is 20.4 Å². The number of hydrogen-bond acceptors (Lipinski definition) is 5. The van der Waals surface area contributed by atoms with Gasteiger partial charge in [-0.25, -0.2) is 9.97 Å². The van der Waals surface area contributed by atoms with Crippen molar-refractivity contribution in [1.29, 1.82) is 5.26 Å². The Morgan fingerprint density at radius 3 is 2.17 bits per heavy atom. The molecule has 3 aromatic carbocycles. The minimum Gasteiger partial charge on any atom is -0.384 e. The molecule has 7 heteroatoms. The normalized spacial score (nSPS) is 11.5. The van der Waals surface area contributed by atoms with Crippen LogP contribution in [0.15, 0.2) is 72.8 Å². The van der Waals surface area contributed by atoms with Crippen molar-refractivity contribution in [1.82, 2.24) is 14.5 Å². The summed E-state index contributed by atoms with van der Waals surface area (Å²) in [7, 11) is 0. The van der Waals surface area contributed by atoms with Gasteiger partial charge >= 0.3 is 0 Å². The van der Waals surface area contributed by atoms with Gasteiger partial charge in [0, 0.05) is 16.9 Å². The zero-order chi connectivity index (χ0) is 24.7. The summed E-state index contributed by atoms with van der Waals surface area (Å²) in [5.41, 5.74) is 12.2. The van der Waals surface area contributed by atoms with E-state index in [9.17, 15) is 10.1 Å². The fourth-order valence-electron chi connectivity index (χ4n) is 4.05. The molecule has 0 aliphatic heterocycles. The molecule has 0 unspecified atom stereocenters. The summed E-state index contributed by atoms with van der Waals surface area (Å²) in [6.45, 7) is 6.41. The third kappa shape index (κ3) is 3.96. The molecule has 0 radical (unpaired) electrons. The maximum absolute atomic E-state index is 12.7. The molecule has 1 amide bonds. The lowest BCUT2D eigenvalue weighted by molar-refractivity contribution is 0.102. The van der Waals surface area contributed by atoms with Crippen molar-refractivity contribution in [3.63, 3.8) is 0 Å². The monoisotopic (exact) mass is 460 g/mol. The molecular formula is C28H24N6O. The summed E-state index contributed by atoms with van der Waals surface area (Å²) in [5, 5.41) is 12.6. The molecule has 0 aliphatic rings. The largest absolute Gasteiger partial charge is 0.384 e. The number of benzene rings is 3. The highest BCUT2D eigenvalue weighted by Gasteiger charge is 2.20. The van der Waals surface area contributed by atoms with Crippen LogP contribution in [0, 0.1) is 11.3 Å². The number of amides is 1. The number of nitrogens with two attached hydrogens (primary N) is 1. The van der Waals surface area contributed by atoms with Gasteiger partial charge in [-0.2, -0.15) is 5.26 Å². The number of nitriles is 1. The molecule has 0 saturated heterocycles. The number of nitrogen functional groups attached to an aromatic ring is 1. The zero-order valence-corrected chi connectivity index (χ0v) is 19.7. The Morgan fingerprint density at radius 2 is 1.57 bits per heavy atom. The fraction of sp³-hybridized carbons (Fsp3) is 0.143. The van der Waals surface area contributed by atoms with Crippen LogP contribution in [0.3, 0.4) is 0 Å². The molecule has 5 aromatic rings. The first-order valence-corrected chi connectivity index (χ1v) is 11.3. The quantitative estimate of drug-likeness (QED) is 0.365. The maximum atomic E-state index is 12.7. The number of nitrogens with zero attached hydrogens (tertiary/aromatic N) is 4. The first-order valence-electron chi connectivity index (χ1n) is 11.3. The molecule has 35 heavy (non-hydrogen) atoms. The van der Waals surface area contributed by atoms with E-state index in [2.05, 4.69) is 37.1 Å². The van der Waals surface area contributed by atoms with Crippen molar-refractivity contribution in [2.24, 2.45) is 0 Å². The minimum absolute atomic E-state index is 0.0252. The first kappa shape index (κ1) is 22.1. The molecule has 0 bridgehead atoms. The average molecular weight is 461 g/mol. The Hall–Kier alpha value is -4.70. The molecule has 2 heterocycles. The van der Waals surface area contributed by atoms with Gasteiger partial charge < -0.3 is 11.1 Å².